The maximum Gasteiger partial charge on any atom is 0.251 e. The van der Waals surface area contributed by atoms with Crippen LogP contribution in [0.3, 0.4) is 0 Å². The fraction of sp³-hybridized carbons (Fsp3) is 0.333. The third-order valence-electron chi connectivity index (χ3n) is 2.50. The highest BCUT2D eigenvalue weighted by Gasteiger charge is 2.07. The lowest BCUT2D eigenvalue weighted by atomic mass is 10.1. The lowest BCUT2D eigenvalue weighted by molar-refractivity contribution is -0.120. The molecule has 0 radical (unpaired) electrons. The van der Waals surface area contributed by atoms with Crippen molar-refractivity contribution in [2.75, 3.05) is 33.4 Å². The summed E-state index contributed by atoms with van der Waals surface area (Å²) in [5, 5.41) is 5.16. The van der Waals surface area contributed by atoms with Crippen molar-refractivity contribution in [2.24, 2.45) is 5.73 Å². The fourth-order valence-electron chi connectivity index (χ4n) is 1.51. The molecule has 4 N–H and O–H groups in total. The molecule has 0 aliphatic carbocycles. The molecule has 2 amide bonds. The van der Waals surface area contributed by atoms with Crippen molar-refractivity contribution in [3.8, 4) is 11.8 Å². The quantitative estimate of drug-likeness (QED) is 0.486. The van der Waals surface area contributed by atoms with Gasteiger partial charge in [-0.05, 0) is 18.2 Å². The second-order valence-corrected chi connectivity index (χ2v) is 4.11. The van der Waals surface area contributed by atoms with Crippen LogP contribution in [-0.4, -0.2) is 45.2 Å². The first-order chi connectivity index (χ1) is 10.2. The smallest absolute Gasteiger partial charge is 0.251 e. The van der Waals surface area contributed by atoms with Gasteiger partial charge in [0.1, 0.15) is 0 Å². The van der Waals surface area contributed by atoms with Gasteiger partial charge in [-0.2, -0.15) is 0 Å². The van der Waals surface area contributed by atoms with Gasteiger partial charge in [-0.1, -0.05) is 17.9 Å². The molecule has 0 aliphatic heterocycles. The number of amides is 2. The Morgan fingerprint density at radius 3 is 2.86 bits per heavy atom. The second-order valence-electron chi connectivity index (χ2n) is 4.11. The third kappa shape index (κ3) is 6.56. The summed E-state index contributed by atoms with van der Waals surface area (Å²) in [6.07, 6.45) is 0. The van der Waals surface area contributed by atoms with Crippen LogP contribution in [0.4, 0.5) is 0 Å². The Kier molecular flexibility index (Phi) is 7.58. The first kappa shape index (κ1) is 16.7. The Morgan fingerprint density at radius 1 is 1.33 bits per heavy atom. The van der Waals surface area contributed by atoms with Crippen LogP contribution >= 0.6 is 0 Å². The van der Waals surface area contributed by atoms with Crippen molar-refractivity contribution >= 4 is 11.8 Å². The lowest BCUT2D eigenvalue weighted by Crippen LogP contribution is -2.38. The first-order valence-corrected chi connectivity index (χ1v) is 6.50. The summed E-state index contributed by atoms with van der Waals surface area (Å²) in [4.78, 5) is 23.4. The molecule has 1 aromatic rings. The Morgan fingerprint density at radius 2 is 2.14 bits per heavy atom. The topological polar surface area (TPSA) is 93.5 Å². The first-order valence-electron chi connectivity index (χ1n) is 6.50. The molecule has 112 valence electrons. The van der Waals surface area contributed by atoms with Gasteiger partial charge < -0.3 is 21.1 Å². The summed E-state index contributed by atoms with van der Waals surface area (Å²) >= 11 is 0. The molecular formula is C15H19N3O3. The predicted octanol–water partition coefficient (Wildman–Crippen LogP) is -0.511. The molecule has 0 aromatic heterocycles. The maximum absolute atomic E-state index is 11.9. The number of ether oxygens (including phenoxy) is 1. The number of nitrogens with two attached hydrogens (primary N) is 1. The molecule has 0 bridgehead atoms. The van der Waals surface area contributed by atoms with Gasteiger partial charge in [0, 0.05) is 24.8 Å². The van der Waals surface area contributed by atoms with Gasteiger partial charge in [0.05, 0.1) is 19.7 Å². The zero-order valence-electron chi connectivity index (χ0n) is 11.9. The summed E-state index contributed by atoms with van der Waals surface area (Å²) in [5.74, 6) is 4.98. The second kappa shape index (κ2) is 9.53. The van der Waals surface area contributed by atoms with Crippen LogP contribution in [0.5, 0.6) is 0 Å². The number of benzene rings is 1. The van der Waals surface area contributed by atoms with Crippen molar-refractivity contribution in [1.82, 2.24) is 10.6 Å². The highest BCUT2D eigenvalue weighted by Crippen LogP contribution is 2.03. The van der Waals surface area contributed by atoms with Crippen LogP contribution in [0.1, 0.15) is 15.9 Å². The molecule has 0 saturated heterocycles. The fourth-order valence-corrected chi connectivity index (χ4v) is 1.51. The largest absolute Gasteiger partial charge is 0.383 e. The SMILES string of the molecule is COCCNC(=O)CNC(=O)c1cccc(C#CCN)c1. The molecule has 0 fully saturated rings. The van der Waals surface area contributed by atoms with Gasteiger partial charge in [0.15, 0.2) is 0 Å². The number of carbonyl (C=O) groups is 2. The van der Waals surface area contributed by atoms with E-state index in [-0.39, 0.29) is 24.9 Å². The molecule has 0 saturated carbocycles. The number of nitrogens with one attached hydrogen (secondary N) is 2. The molecule has 0 unspecified atom stereocenters. The monoisotopic (exact) mass is 289 g/mol. The van der Waals surface area contributed by atoms with Crippen molar-refractivity contribution in [2.45, 2.75) is 0 Å². The molecule has 21 heavy (non-hydrogen) atoms. The molecule has 1 rings (SSSR count). The minimum atomic E-state index is -0.326. The normalized spacial score (nSPS) is 9.43. The number of carbonyl (C=O) groups excluding carboxylic acids is 2. The third-order valence-corrected chi connectivity index (χ3v) is 2.50. The average molecular weight is 289 g/mol. The Labute approximate surface area is 124 Å². The molecule has 1 aromatic carbocycles. The van der Waals surface area contributed by atoms with E-state index in [4.69, 9.17) is 10.5 Å². The minimum Gasteiger partial charge on any atom is -0.383 e. The van der Waals surface area contributed by atoms with Crippen LogP contribution in [0.25, 0.3) is 0 Å². The Hall–Kier alpha value is -2.36. The summed E-state index contributed by atoms with van der Waals surface area (Å²) in [6.45, 7) is 1.02. The molecule has 0 spiro atoms. The Balaban J connectivity index is 2.50. The lowest BCUT2D eigenvalue weighted by Gasteiger charge is -2.06. The maximum atomic E-state index is 11.9. The van der Waals surface area contributed by atoms with E-state index < -0.39 is 0 Å². The summed E-state index contributed by atoms with van der Waals surface area (Å²) in [5.41, 5.74) is 6.45. The van der Waals surface area contributed by atoms with Crippen LogP contribution in [-0.2, 0) is 9.53 Å². The highest BCUT2D eigenvalue weighted by atomic mass is 16.5. The van der Waals surface area contributed by atoms with Crippen LogP contribution < -0.4 is 16.4 Å². The van der Waals surface area contributed by atoms with Gasteiger partial charge in [0.25, 0.3) is 5.91 Å². The molecule has 6 heteroatoms. The predicted molar refractivity (Wildman–Crippen MR) is 79.6 cm³/mol. The number of hydrogen-bond donors (Lipinski definition) is 3. The van der Waals surface area contributed by atoms with Gasteiger partial charge in [-0.15, -0.1) is 0 Å². The van der Waals surface area contributed by atoms with E-state index in [1.54, 1.807) is 31.4 Å². The van der Waals surface area contributed by atoms with E-state index in [2.05, 4.69) is 22.5 Å². The number of methoxy groups -OCH3 is 1. The molecule has 6 nitrogen and oxygen atoms in total. The van der Waals surface area contributed by atoms with E-state index in [9.17, 15) is 9.59 Å². The standard InChI is InChI=1S/C15H19N3O3/c1-21-9-8-17-14(19)11-18-15(20)13-6-2-4-12(10-13)5-3-7-16/h2,4,6,10H,7-9,11,16H2,1H3,(H,17,19)(H,18,20). The average Bonchev–Trinajstić information content (AvgIpc) is 2.51. The summed E-state index contributed by atoms with van der Waals surface area (Å²) in [7, 11) is 1.55. The van der Waals surface area contributed by atoms with Crippen LogP contribution in [0, 0.1) is 11.8 Å². The van der Waals surface area contributed by atoms with Gasteiger partial charge >= 0.3 is 0 Å². The number of rotatable bonds is 6. The van der Waals surface area contributed by atoms with Crippen molar-refractivity contribution in [3.05, 3.63) is 35.4 Å². The molecule has 0 aliphatic rings. The van der Waals surface area contributed by atoms with Crippen LogP contribution in [0.2, 0.25) is 0 Å². The van der Waals surface area contributed by atoms with E-state index in [0.29, 0.717) is 24.3 Å². The molecule has 0 heterocycles. The Bertz CT molecular complexity index is 547. The van der Waals surface area contributed by atoms with Crippen LogP contribution in [0.15, 0.2) is 24.3 Å². The van der Waals surface area contributed by atoms with E-state index in [1.165, 1.54) is 0 Å². The molecular weight excluding hydrogens is 270 g/mol. The van der Waals surface area contributed by atoms with Crippen molar-refractivity contribution in [1.29, 1.82) is 0 Å². The van der Waals surface area contributed by atoms with E-state index >= 15 is 0 Å². The number of hydrogen-bond acceptors (Lipinski definition) is 4. The van der Waals surface area contributed by atoms with Gasteiger partial charge in [0.2, 0.25) is 5.91 Å². The van der Waals surface area contributed by atoms with E-state index in [0.717, 1.165) is 0 Å². The zero-order valence-corrected chi connectivity index (χ0v) is 11.9. The summed E-state index contributed by atoms with van der Waals surface area (Å²) in [6, 6.07) is 6.83. The van der Waals surface area contributed by atoms with Gasteiger partial charge in [-0.25, -0.2) is 0 Å². The van der Waals surface area contributed by atoms with E-state index in [1.807, 2.05) is 0 Å². The van der Waals surface area contributed by atoms with Gasteiger partial charge in [-0.3, -0.25) is 9.59 Å². The molecule has 0 atom stereocenters. The highest BCUT2D eigenvalue weighted by molar-refractivity contribution is 5.96. The van der Waals surface area contributed by atoms with Crippen molar-refractivity contribution < 1.29 is 14.3 Å². The summed E-state index contributed by atoms with van der Waals surface area (Å²) < 4.78 is 4.81. The minimum absolute atomic E-state index is 0.0821. The van der Waals surface area contributed by atoms with Crippen molar-refractivity contribution in [3.63, 3.8) is 0 Å². The zero-order chi connectivity index (χ0) is 15.5.